The van der Waals surface area contributed by atoms with Gasteiger partial charge in [0.1, 0.15) is 0 Å². The van der Waals surface area contributed by atoms with Gasteiger partial charge in [-0.3, -0.25) is 4.98 Å². The molecule has 1 aromatic rings. The first kappa shape index (κ1) is 13.6. The van der Waals surface area contributed by atoms with Crippen molar-refractivity contribution in [3.05, 3.63) is 30.1 Å². The highest BCUT2D eigenvalue weighted by Crippen LogP contribution is 2.09. The lowest BCUT2D eigenvalue weighted by atomic mass is 10.3. The first-order valence-electron chi connectivity index (χ1n) is 5.34. The first-order chi connectivity index (χ1) is 8.10. The molecule has 0 fully saturated rings. The second-order valence-corrected chi connectivity index (χ2v) is 5.76. The van der Waals surface area contributed by atoms with Crippen LogP contribution in [0.15, 0.2) is 24.5 Å². The van der Waals surface area contributed by atoms with E-state index >= 15 is 0 Å². The van der Waals surface area contributed by atoms with Gasteiger partial charge >= 0.3 is 0 Å². The van der Waals surface area contributed by atoms with Gasteiger partial charge in [0.05, 0.1) is 11.8 Å². The molecule has 0 saturated carbocycles. The number of rotatable bonds is 6. The monoisotopic (exact) mass is 253 g/mol. The van der Waals surface area contributed by atoms with E-state index in [1.165, 1.54) is 4.31 Å². The zero-order valence-electron chi connectivity index (χ0n) is 9.70. The Balaban J connectivity index is 2.82. The fraction of sp³-hybridized carbons (Fsp3) is 0.455. The summed E-state index contributed by atoms with van der Waals surface area (Å²) < 4.78 is 24.9. The summed E-state index contributed by atoms with van der Waals surface area (Å²) in [7, 11) is -3.28. The van der Waals surface area contributed by atoms with E-state index in [9.17, 15) is 8.42 Å². The van der Waals surface area contributed by atoms with Crippen LogP contribution in [0, 0.1) is 11.3 Å². The highest BCUT2D eigenvalue weighted by Gasteiger charge is 2.19. The summed E-state index contributed by atoms with van der Waals surface area (Å²) in [5.74, 6) is 0.0404. The third kappa shape index (κ3) is 4.13. The summed E-state index contributed by atoms with van der Waals surface area (Å²) >= 11 is 0. The van der Waals surface area contributed by atoms with Gasteiger partial charge in [-0.15, -0.1) is 0 Å². The van der Waals surface area contributed by atoms with Crippen LogP contribution in [0.3, 0.4) is 0 Å². The largest absolute Gasteiger partial charge is 0.264 e. The lowest BCUT2D eigenvalue weighted by molar-refractivity contribution is 0.413. The van der Waals surface area contributed by atoms with E-state index in [0.29, 0.717) is 0 Å². The van der Waals surface area contributed by atoms with Crippen molar-refractivity contribution < 1.29 is 8.42 Å². The van der Waals surface area contributed by atoms with E-state index in [-0.39, 0.29) is 25.3 Å². The maximum absolute atomic E-state index is 11.8. The lowest BCUT2D eigenvalue weighted by Gasteiger charge is -2.20. The molecule has 0 bridgehead atoms. The Morgan fingerprint density at radius 1 is 1.53 bits per heavy atom. The van der Waals surface area contributed by atoms with Gasteiger partial charge in [0.15, 0.2) is 0 Å². The van der Waals surface area contributed by atoms with E-state index in [0.717, 1.165) is 5.56 Å². The maximum atomic E-state index is 11.8. The molecule has 0 amide bonds. The van der Waals surface area contributed by atoms with Gasteiger partial charge < -0.3 is 0 Å². The molecule has 0 unspecified atom stereocenters. The number of aromatic nitrogens is 1. The summed E-state index contributed by atoms with van der Waals surface area (Å²) in [6.45, 7) is 2.09. The van der Waals surface area contributed by atoms with Crippen molar-refractivity contribution >= 4 is 10.0 Å². The normalized spacial score (nSPS) is 11.4. The molecular formula is C11H15N3O2S. The third-order valence-corrected chi connectivity index (χ3v) is 4.14. The predicted octanol–water partition coefficient (Wildman–Crippen LogP) is 1.15. The second-order valence-electron chi connectivity index (χ2n) is 3.50. The highest BCUT2D eigenvalue weighted by atomic mass is 32.2. The molecule has 0 N–H and O–H groups in total. The number of nitriles is 1. The Morgan fingerprint density at radius 3 is 2.82 bits per heavy atom. The summed E-state index contributed by atoms with van der Waals surface area (Å²) in [5, 5.41) is 8.54. The summed E-state index contributed by atoms with van der Waals surface area (Å²) in [4.78, 5) is 3.94. The van der Waals surface area contributed by atoms with Gasteiger partial charge in [-0.25, -0.2) is 8.42 Å². The van der Waals surface area contributed by atoms with E-state index in [1.54, 1.807) is 25.4 Å². The van der Waals surface area contributed by atoms with E-state index in [4.69, 9.17) is 5.26 Å². The molecule has 0 aromatic carbocycles. The quantitative estimate of drug-likeness (QED) is 0.762. The smallest absolute Gasteiger partial charge is 0.214 e. The lowest BCUT2D eigenvalue weighted by Crippen LogP contribution is -2.32. The molecule has 5 nitrogen and oxygen atoms in total. The molecule has 1 aromatic heterocycles. The van der Waals surface area contributed by atoms with Gasteiger partial charge in [0, 0.05) is 31.9 Å². The summed E-state index contributed by atoms with van der Waals surface area (Å²) in [6.07, 6.45) is 3.46. The van der Waals surface area contributed by atoms with Crippen LogP contribution in [0.1, 0.15) is 18.9 Å². The minimum absolute atomic E-state index is 0.0404. The highest BCUT2D eigenvalue weighted by molar-refractivity contribution is 7.89. The average molecular weight is 253 g/mol. The molecule has 0 spiro atoms. The topological polar surface area (TPSA) is 74.1 Å². The standard InChI is InChI=1S/C11H15N3O2S/c1-2-17(15,16)14(8-4-6-12)10-11-5-3-7-13-9-11/h3,5,7,9H,2,4,8,10H2,1H3. The number of sulfonamides is 1. The molecule has 0 aliphatic rings. The molecular weight excluding hydrogens is 238 g/mol. The van der Waals surface area contributed by atoms with Crippen LogP contribution in [0.25, 0.3) is 0 Å². The van der Waals surface area contributed by atoms with E-state index in [1.807, 2.05) is 12.1 Å². The Morgan fingerprint density at radius 2 is 2.29 bits per heavy atom. The van der Waals surface area contributed by atoms with Gasteiger partial charge in [0.25, 0.3) is 0 Å². The predicted molar refractivity (Wildman–Crippen MR) is 64.3 cm³/mol. The van der Waals surface area contributed by atoms with Gasteiger partial charge in [-0.2, -0.15) is 9.57 Å². The third-order valence-electron chi connectivity index (χ3n) is 2.31. The molecule has 0 atom stereocenters. The Kier molecular flexibility index (Phi) is 5.07. The van der Waals surface area contributed by atoms with Crippen LogP contribution in [0.5, 0.6) is 0 Å². The van der Waals surface area contributed by atoms with Crippen LogP contribution in [-0.2, 0) is 16.6 Å². The zero-order chi connectivity index (χ0) is 12.7. The van der Waals surface area contributed by atoms with Crippen LogP contribution < -0.4 is 0 Å². The molecule has 0 aliphatic heterocycles. The minimum atomic E-state index is -3.28. The fourth-order valence-electron chi connectivity index (χ4n) is 1.37. The van der Waals surface area contributed by atoms with Crippen LogP contribution in [0.4, 0.5) is 0 Å². The second kappa shape index (κ2) is 6.33. The zero-order valence-corrected chi connectivity index (χ0v) is 10.5. The van der Waals surface area contributed by atoms with Crippen LogP contribution in [-0.4, -0.2) is 30.0 Å². The van der Waals surface area contributed by atoms with Gasteiger partial charge in [-0.05, 0) is 18.6 Å². The number of nitrogens with zero attached hydrogens (tertiary/aromatic N) is 3. The molecule has 17 heavy (non-hydrogen) atoms. The van der Waals surface area contributed by atoms with Crippen molar-refractivity contribution in [3.63, 3.8) is 0 Å². The van der Waals surface area contributed by atoms with Crippen molar-refractivity contribution in [2.45, 2.75) is 19.9 Å². The Labute approximate surface area is 102 Å². The van der Waals surface area contributed by atoms with Gasteiger partial charge in [-0.1, -0.05) is 6.07 Å². The summed E-state index contributed by atoms with van der Waals surface area (Å²) in [5.41, 5.74) is 0.822. The van der Waals surface area contributed by atoms with Crippen molar-refractivity contribution in [1.82, 2.24) is 9.29 Å². The molecule has 92 valence electrons. The van der Waals surface area contributed by atoms with Gasteiger partial charge in [0.2, 0.25) is 10.0 Å². The molecule has 0 aliphatic carbocycles. The fourth-order valence-corrected chi connectivity index (χ4v) is 2.45. The Bertz CT molecular complexity index is 479. The maximum Gasteiger partial charge on any atom is 0.214 e. The molecule has 0 saturated heterocycles. The van der Waals surface area contributed by atoms with Crippen molar-refractivity contribution in [1.29, 1.82) is 5.26 Å². The SMILES string of the molecule is CCS(=O)(=O)N(CCC#N)Cc1cccnc1. The number of hydrogen-bond donors (Lipinski definition) is 0. The average Bonchev–Trinajstić information content (AvgIpc) is 2.35. The van der Waals surface area contributed by atoms with Crippen LogP contribution >= 0.6 is 0 Å². The molecule has 1 heterocycles. The van der Waals surface area contributed by atoms with Crippen LogP contribution in [0.2, 0.25) is 0 Å². The molecule has 1 rings (SSSR count). The van der Waals surface area contributed by atoms with Crippen molar-refractivity contribution in [3.8, 4) is 6.07 Å². The number of pyridine rings is 1. The molecule has 0 radical (unpaired) electrons. The van der Waals surface area contributed by atoms with E-state index in [2.05, 4.69) is 4.98 Å². The summed E-state index contributed by atoms with van der Waals surface area (Å²) in [6, 6.07) is 5.54. The number of hydrogen-bond acceptors (Lipinski definition) is 4. The minimum Gasteiger partial charge on any atom is -0.264 e. The first-order valence-corrected chi connectivity index (χ1v) is 6.94. The van der Waals surface area contributed by atoms with E-state index < -0.39 is 10.0 Å². The van der Waals surface area contributed by atoms with Crippen molar-refractivity contribution in [2.24, 2.45) is 0 Å². The Hall–Kier alpha value is -1.45. The molecule has 6 heteroatoms. The van der Waals surface area contributed by atoms with Crippen molar-refractivity contribution in [2.75, 3.05) is 12.3 Å².